The van der Waals surface area contributed by atoms with Crippen LogP contribution in [0.3, 0.4) is 0 Å². The number of hydrazine groups is 1. The van der Waals surface area contributed by atoms with E-state index >= 15 is 0 Å². The molecule has 0 saturated carbocycles. The molecule has 1 aliphatic rings. The Kier molecular flexibility index (Phi) is 4.08. The molecule has 1 rings (SSSR count). The second kappa shape index (κ2) is 4.89. The largest absolute Gasteiger partial charge is 0.298 e. The standard InChI is InChI=1S/C11H22N2O/c1-5-7-10(14)11-8(3)9(6-2)13(4)12-11/h8-9,11-12H,5-7H2,1-4H3. The summed E-state index contributed by atoms with van der Waals surface area (Å²) in [6, 6.07) is 0.547. The summed E-state index contributed by atoms with van der Waals surface area (Å²) in [5.74, 6) is 0.798. The van der Waals surface area contributed by atoms with Crippen LogP contribution >= 0.6 is 0 Å². The Bertz CT molecular complexity index is 205. The molecular weight excluding hydrogens is 176 g/mol. The Labute approximate surface area is 86.8 Å². The molecule has 1 aliphatic heterocycles. The van der Waals surface area contributed by atoms with Gasteiger partial charge < -0.3 is 0 Å². The Balaban J connectivity index is 2.61. The SMILES string of the molecule is CCCC(=O)C1NN(C)C(CC)C1C. The van der Waals surface area contributed by atoms with Crippen LogP contribution in [0, 0.1) is 5.92 Å². The Morgan fingerprint density at radius 2 is 2.07 bits per heavy atom. The van der Waals surface area contributed by atoms with Gasteiger partial charge in [0.1, 0.15) is 0 Å². The van der Waals surface area contributed by atoms with Crippen LogP contribution in [0.1, 0.15) is 40.0 Å². The highest BCUT2D eigenvalue weighted by atomic mass is 16.1. The molecule has 0 aromatic rings. The van der Waals surface area contributed by atoms with E-state index in [0.717, 1.165) is 12.8 Å². The summed E-state index contributed by atoms with van der Waals surface area (Å²) in [7, 11) is 2.03. The predicted octanol–water partition coefficient (Wildman–Crippen LogP) is 1.59. The molecule has 0 radical (unpaired) electrons. The van der Waals surface area contributed by atoms with Crippen molar-refractivity contribution in [1.29, 1.82) is 0 Å². The van der Waals surface area contributed by atoms with Gasteiger partial charge in [0.05, 0.1) is 6.04 Å². The maximum atomic E-state index is 11.8. The van der Waals surface area contributed by atoms with Crippen molar-refractivity contribution in [2.24, 2.45) is 5.92 Å². The van der Waals surface area contributed by atoms with Crippen molar-refractivity contribution < 1.29 is 4.79 Å². The first kappa shape index (κ1) is 11.7. The molecule has 0 aliphatic carbocycles. The van der Waals surface area contributed by atoms with E-state index in [1.807, 2.05) is 7.05 Å². The zero-order chi connectivity index (χ0) is 10.7. The minimum absolute atomic E-state index is 0.0462. The molecule has 3 nitrogen and oxygen atoms in total. The third kappa shape index (κ3) is 2.15. The van der Waals surface area contributed by atoms with Crippen LogP contribution in [-0.4, -0.2) is 29.9 Å². The number of hydrogen-bond acceptors (Lipinski definition) is 3. The minimum atomic E-state index is 0.0462. The fourth-order valence-corrected chi connectivity index (χ4v) is 2.42. The molecule has 1 fully saturated rings. The number of nitrogens with zero attached hydrogens (tertiary/aromatic N) is 1. The van der Waals surface area contributed by atoms with Gasteiger partial charge >= 0.3 is 0 Å². The number of carbonyl (C=O) groups excluding carboxylic acids is 1. The van der Waals surface area contributed by atoms with E-state index in [-0.39, 0.29) is 6.04 Å². The molecule has 3 atom stereocenters. The van der Waals surface area contributed by atoms with Gasteiger partial charge in [-0.1, -0.05) is 20.8 Å². The van der Waals surface area contributed by atoms with Gasteiger partial charge in [0, 0.05) is 19.5 Å². The molecule has 14 heavy (non-hydrogen) atoms. The van der Waals surface area contributed by atoms with Gasteiger partial charge in [0.2, 0.25) is 0 Å². The topological polar surface area (TPSA) is 32.3 Å². The van der Waals surface area contributed by atoms with Crippen LogP contribution in [0.25, 0.3) is 0 Å². The quantitative estimate of drug-likeness (QED) is 0.744. The average molecular weight is 198 g/mol. The van der Waals surface area contributed by atoms with Crippen molar-refractivity contribution in [1.82, 2.24) is 10.4 Å². The molecule has 0 bridgehead atoms. The minimum Gasteiger partial charge on any atom is -0.298 e. The normalized spacial score (nSPS) is 33.6. The van der Waals surface area contributed by atoms with Gasteiger partial charge in [-0.05, 0) is 18.8 Å². The van der Waals surface area contributed by atoms with E-state index in [1.54, 1.807) is 0 Å². The third-order valence-corrected chi connectivity index (χ3v) is 3.23. The van der Waals surface area contributed by atoms with E-state index in [0.29, 0.717) is 24.2 Å². The van der Waals surface area contributed by atoms with Gasteiger partial charge in [-0.15, -0.1) is 0 Å². The summed E-state index contributed by atoms with van der Waals surface area (Å²) in [5.41, 5.74) is 3.27. The van der Waals surface area contributed by atoms with Crippen molar-refractivity contribution in [3.05, 3.63) is 0 Å². The lowest BCUT2D eigenvalue weighted by atomic mass is 9.90. The lowest BCUT2D eigenvalue weighted by Crippen LogP contribution is -2.39. The lowest BCUT2D eigenvalue weighted by molar-refractivity contribution is -0.121. The van der Waals surface area contributed by atoms with Crippen molar-refractivity contribution in [2.45, 2.75) is 52.1 Å². The first-order valence-electron chi connectivity index (χ1n) is 5.63. The van der Waals surface area contributed by atoms with Crippen LogP contribution in [0.15, 0.2) is 0 Å². The smallest absolute Gasteiger partial charge is 0.151 e. The number of hydrogen-bond donors (Lipinski definition) is 1. The van der Waals surface area contributed by atoms with E-state index in [9.17, 15) is 4.79 Å². The molecule has 3 unspecified atom stereocenters. The molecule has 0 spiro atoms. The van der Waals surface area contributed by atoms with Crippen LogP contribution in [-0.2, 0) is 4.79 Å². The summed E-state index contributed by atoms with van der Waals surface area (Å²) in [5, 5.41) is 2.10. The van der Waals surface area contributed by atoms with Crippen LogP contribution in [0.4, 0.5) is 0 Å². The molecule has 1 N–H and O–H groups in total. The van der Waals surface area contributed by atoms with E-state index in [4.69, 9.17) is 0 Å². The number of rotatable bonds is 4. The number of carbonyl (C=O) groups is 1. The van der Waals surface area contributed by atoms with Crippen LogP contribution < -0.4 is 5.43 Å². The summed E-state index contributed by atoms with van der Waals surface area (Å²) in [4.78, 5) is 11.8. The first-order chi connectivity index (χ1) is 6.61. The molecule has 0 aromatic heterocycles. The molecule has 0 aromatic carbocycles. The Hall–Kier alpha value is -0.410. The highest BCUT2D eigenvalue weighted by Crippen LogP contribution is 2.24. The van der Waals surface area contributed by atoms with Gasteiger partial charge in [-0.25, -0.2) is 10.4 Å². The predicted molar refractivity (Wildman–Crippen MR) is 57.8 cm³/mol. The number of Topliss-reactive ketones (excluding diaryl/α,β-unsaturated/α-hetero) is 1. The molecular formula is C11H22N2O. The molecule has 1 heterocycles. The van der Waals surface area contributed by atoms with E-state index in [1.165, 1.54) is 0 Å². The van der Waals surface area contributed by atoms with Crippen molar-refractivity contribution in [3.63, 3.8) is 0 Å². The monoisotopic (exact) mass is 198 g/mol. The van der Waals surface area contributed by atoms with Crippen LogP contribution in [0.2, 0.25) is 0 Å². The fraction of sp³-hybridized carbons (Fsp3) is 0.909. The van der Waals surface area contributed by atoms with Crippen LogP contribution in [0.5, 0.6) is 0 Å². The van der Waals surface area contributed by atoms with Gasteiger partial charge in [-0.2, -0.15) is 0 Å². The second-order valence-corrected chi connectivity index (χ2v) is 4.27. The average Bonchev–Trinajstić information content (AvgIpc) is 2.42. The van der Waals surface area contributed by atoms with Gasteiger partial charge in [0.15, 0.2) is 5.78 Å². The summed E-state index contributed by atoms with van der Waals surface area (Å²) in [6.07, 6.45) is 2.75. The van der Waals surface area contributed by atoms with Crippen molar-refractivity contribution in [3.8, 4) is 0 Å². The molecule has 82 valence electrons. The zero-order valence-electron chi connectivity index (χ0n) is 9.71. The highest BCUT2D eigenvalue weighted by molar-refractivity contribution is 5.84. The van der Waals surface area contributed by atoms with Crippen molar-refractivity contribution in [2.75, 3.05) is 7.05 Å². The van der Waals surface area contributed by atoms with E-state index < -0.39 is 0 Å². The summed E-state index contributed by atoms with van der Waals surface area (Å²) in [6.45, 7) is 6.40. The number of nitrogens with one attached hydrogen (secondary N) is 1. The highest BCUT2D eigenvalue weighted by Gasteiger charge is 2.38. The molecule has 3 heteroatoms. The Morgan fingerprint density at radius 3 is 2.50 bits per heavy atom. The summed E-state index contributed by atoms with van der Waals surface area (Å²) >= 11 is 0. The second-order valence-electron chi connectivity index (χ2n) is 4.27. The fourth-order valence-electron chi connectivity index (χ4n) is 2.42. The zero-order valence-corrected chi connectivity index (χ0v) is 9.71. The number of ketones is 1. The lowest BCUT2D eigenvalue weighted by Gasteiger charge is -2.19. The van der Waals surface area contributed by atoms with E-state index in [2.05, 4.69) is 31.2 Å². The molecule has 1 saturated heterocycles. The maximum Gasteiger partial charge on any atom is 0.151 e. The van der Waals surface area contributed by atoms with Gasteiger partial charge in [0.25, 0.3) is 0 Å². The Morgan fingerprint density at radius 1 is 1.43 bits per heavy atom. The third-order valence-electron chi connectivity index (χ3n) is 3.23. The maximum absolute atomic E-state index is 11.8. The summed E-state index contributed by atoms with van der Waals surface area (Å²) < 4.78 is 0. The van der Waals surface area contributed by atoms with Crippen molar-refractivity contribution >= 4 is 5.78 Å². The molecule has 0 amide bonds. The first-order valence-corrected chi connectivity index (χ1v) is 5.63. The van der Waals surface area contributed by atoms with Gasteiger partial charge in [-0.3, -0.25) is 4.79 Å².